The number of carboxylic acid groups (broad SMARTS) is 1. The summed E-state index contributed by atoms with van der Waals surface area (Å²) < 4.78 is 0. The van der Waals surface area contributed by atoms with E-state index in [0.29, 0.717) is 6.42 Å². The van der Waals surface area contributed by atoms with Gasteiger partial charge in [-0.3, -0.25) is 4.79 Å². The van der Waals surface area contributed by atoms with Crippen LogP contribution in [0.1, 0.15) is 41.5 Å². The zero-order valence-corrected chi connectivity index (χ0v) is 11.8. The van der Waals surface area contributed by atoms with E-state index in [1.54, 1.807) is 0 Å². The van der Waals surface area contributed by atoms with Gasteiger partial charge in [0.05, 0.1) is 11.0 Å². The molecule has 0 spiro atoms. The molecule has 0 saturated heterocycles. The van der Waals surface area contributed by atoms with Crippen molar-refractivity contribution in [2.75, 3.05) is 0 Å². The first-order valence-electron chi connectivity index (χ1n) is 7.19. The van der Waals surface area contributed by atoms with Crippen molar-refractivity contribution in [2.24, 2.45) is 11.1 Å². The van der Waals surface area contributed by atoms with Crippen LogP contribution in [0, 0.1) is 5.41 Å². The average Bonchev–Trinajstić information content (AvgIpc) is 2.47. The topological polar surface area (TPSA) is 63.3 Å². The number of carbonyl (C=O) groups is 1. The molecule has 0 amide bonds. The summed E-state index contributed by atoms with van der Waals surface area (Å²) >= 11 is 0. The van der Waals surface area contributed by atoms with Gasteiger partial charge >= 0.3 is 5.97 Å². The summed E-state index contributed by atoms with van der Waals surface area (Å²) in [5, 5.41) is 9.83. The standard InChI is InChI=1S/C18H17NO2/c1-17(16(20)21)10-18(19)13-8-4-2-6-11(13)15(17)12-7-3-5-9-14(12)18/h2-9,15H,10,19H2,1H3,(H,20,21). The Morgan fingerprint density at radius 3 is 2.05 bits per heavy atom. The Balaban J connectivity index is 2.12. The minimum atomic E-state index is -0.864. The highest BCUT2D eigenvalue weighted by molar-refractivity contribution is 5.80. The molecule has 5 rings (SSSR count). The molecule has 2 aromatic rings. The minimum Gasteiger partial charge on any atom is -0.481 e. The van der Waals surface area contributed by atoms with Gasteiger partial charge in [0.1, 0.15) is 0 Å². The van der Waals surface area contributed by atoms with Crippen LogP contribution in [-0.2, 0) is 10.3 Å². The fourth-order valence-electron chi connectivity index (χ4n) is 4.38. The molecule has 0 saturated carbocycles. The fourth-order valence-corrected chi connectivity index (χ4v) is 4.38. The van der Waals surface area contributed by atoms with Gasteiger partial charge in [-0.25, -0.2) is 0 Å². The second-order valence-corrected chi connectivity index (χ2v) is 6.48. The molecule has 0 radical (unpaired) electrons. The fraction of sp³-hybridized carbons (Fsp3) is 0.278. The number of benzene rings is 2. The molecule has 0 aromatic heterocycles. The van der Waals surface area contributed by atoms with Gasteiger partial charge < -0.3 is 10.8 Å². The smallest absolute Gasteiger partial charge is 0.310 e. The number of fused-ring (bicyclic) bond motifs is 1. The van der Waals surface area contributed by atoms with Crippen molar-refractivity contribution in [3.8, 4) is 0 Å². The lowest BCUT2D eigenvalue weighted by Crippen LogP contribution is -2.56. The van der Waals surface area contributed by atoms with E-state index in [1.165, 1.54) is 0 Å². The van der Waals surface area contributed by atoms with Crippen molar-refractivity contribution in [1.82, 2.24) is 0 Å². The monoisotopic (exact) mass is 279 g/mol. The van der Waals surface area contributed by atoms with E-state index >= 15 is 0 Å². The van der Waals surface area contributed by atoms with Crippen LogP contribution in [0.15, 0.2) is 48.5 Å². The molecule has 3 nitrogen and oxygen atoms in total. The van der Waals surface area contributed by atoms with E-state index in [4.69, 9.17) is 5.73 Å². The first-order valence-corrected chi connectivity index (χ1v) is 7.19. The summed E-state index contributed by atoms with van der Waals surface area (Å²) in [6.45, 7) is 1.83. The Kier molecular flexibility index (Phi) is 2.24. The van der Waals surface area contributed by atoms with Crippen LogP contribution < -0.4 is 5.73 Å². The largest absolute Gasteiger partial charge is 0.481 e. The molecule has 2 aromatic carbocycles. The highest BCUT2D eigenvalue weighted by Gasteiger charge is 2.59. The van der Waals surface area contributed by atoms with Gasteiger partial charge in [0.2, 0.25) is 0 Å². The summed E-state index contributed by atoms with van der Waals surface area (Å²) in [5.41, 5.74) is 9.47. The van der Waals surface area contributed by atoms with Crippen molar-refractivity contribution < 1.29 is 9.90 Å². The maximum Gasteiger partial charge on any atom is 0.310 e. The van der Waals surface area contributed by atoms with Crippen LogP contribution in [0.25, 0.3) is 0 Å². The maximum absolute atomic E-state index is 12.0. The number of hydrogen-bond acceptors (Lipinski definition) is 2. The van der Waals surface area contributed by atoms with Crippen LogP contribution in [0.3, 0.4) is 0 Å². The van der Waals surface area contributed by atoms with Crippen LogP contribution >= 0.6 is 0 Å². The zero-order chi connectivity index (χ0) is 14.8. The summed E-state index contributed by atoms with van der Waals surface area (Å²) in [7, 11) is 0. The number of carboxylic acids is 1. The van der Waals surface area contributed by atoms with Crippen LogP contribution in [0.5, 0.6) is 0 Å². The van der Waals surface area contributed by atoms with E-state index < -0.39 is 16.9 Å². The Labute approximate surface area is 123 Å². The number of rotatable bonds is 1. The number of nitrogens with two attached hydrogens (primary N) is 1. The number of hydrogen-bond donors (Lipinski definition) is 2. The second kappa shape index (κ2) is 3.74. The lowest BCUT2D eigenvalue weighted by Gasteiger charge is -2.54. The summed E-state index contributed by atoms with van der Waals surface area (Å²) in [5.74, 6) is -0.904. The van der Waals surface area contributed by atoms with Gasteiger partial charge in [0.15, 0.2) is 0 Å². The van der Waals surface area contributed by atoms with E-state index in [-0.39, 0.29) is 5.92 Å². The van der Waals surface area contributed by atoms with Crippen molar-refractivity contribution in [3.63, 3.8) is 0 Å². The average molecular weight is 279 g/mol. The van der Waals surface area contributed by atoms with E-state index in [9.17, 15) is 9.90 Å². The molecule has 106 valence electrons. The molecule has 3 aliphatic rings. The van der Waals surface area contributed by atoms with Crippen LogP contribution in [0.2, 0.25) is 0 Å². The van der Waals surface area contributed by atoms with E-state index in [0.717, 1.165) is 22.3 Å². The van der Waals surface area contributed by atoms with Gasteiger partial charge in [-0.05, 0) is 35.6 Å². The van der Waals surface area contributed by atoms with Gasteiger partial charge in [-0.15, -0.1) is 0 Å². The Morgan fingerprint density at radius 2 is 1.57 bits per heavy atom. The van der Waals surface area contributed by atoms with Gasteiger partial charge in [-0.1, -0.05) is 48.5 Å². The highest BCUT2D eigenvalue weighted by Crippen LogP contribution is 2.61. The van der Waals surface area contributed by atoms with Gasteiger partial charge in [0, 0.05) is 5.92 Å². The second-order valence-electron chi connectivity index (χ2n) is 6.48. The molecule has 21 heavy (non-hydrogen) atoms. The third-order valence-corrected chi connectivity index (χ3v) is 5.28. The summed E-state index contributed by atoms with van der Waals surface area (Å²) in [6, 6.07) is 16.0. The molecule has 3 aliphatic carbocycles. The first kappa shape index (κ1) is 12.6. The van der Waals surface area contributed by atoms with Gasteiger partial charge in [0.25, 0.3) is 0 Å². The molecule has 3 heteroatoms. The Hall–Kier alpha value is -2.13. The predicted octanol–water partition coefficient (Wildman–Crippen LogP) is 2.83. The van der Waals surface area contributed by atoms with Crippen molar-refractivity contribution in [1.29, 1.82) is 0 Å². The summed E-state index contributed by atoms with van der Waals surface area (Å²) in [6.07, 6.45) is 0.439. The van der Waals surface area contributed by atoms with Crippen molar-refractivity contribution in [2.45, 2.75) is 24.8 Å². The molecule has 3 N–H and O–H groups in total. The normalized spacial score (nSPS) is 32.4. The van der Waals surface area contributed by atoms with Gasteiger partial charge in [-0.2, -0.15) is 0 Å². The zero-order valence-electron chi connectivity index (χ0n) is 11.8. The van der Waals surface area contributed by atoms with Crippen LogP contribution in [0.4, 0.5) is 0 Å². The third kappa shape index (κ3) is 1.34. The molecule has 0 fully saturated rings. The highest BCUT2D eigenvalue weighted by atomic mass is 16.4. The Bertz CT molecular complexity index is 720. The SMILES string of the molecule is CC1(C(=O)O)CC2(N)c3ccccc3C1c1ccccc12. The Morgan fingerprint density at radius 1 is 1.10 bits per heavy atom. The molecule has 0 heterocycles. The summed E-state index contributed by atoms with van der Waals surface area (Å²) in [4.78, 5) is 12.0. The number of aliphatic carboxylic acids is 1. The minimum absolute atomic E-state index is 0.132. The lowest BCUT2D eigenvalue weighted by molar-refractivity contribution is -0.151. The molecular formula is C18H17NO2. The quantitative estimate of drug-likeness (QED) is 0.843. The van der Waals surface area contributed by atoms with E-state index in [1.807, 2.05) is 55.5 Å². The third-order valence-electron chi connectivity index (χ3n) is 5.28. The molecule has 0 aliphatic heterocycles. The predicted molar refractivity (Wildman–Crippen MR) is 80.1 cm³/mol. The van der Waals surface area contributed by atoms with Crippen LogP contribution in [-0.4, -0.2) is 11.1 Å². The maximum atomic E-state index is 12.0. The first-order chi connectivity index (χ1) is 9.98. The van der Waals surface area contributed by atoms with Crippen molar-refractivity contribution >= 4 is 5.97 Å². The molecule has 1 unspecified atom stereocenters. The molecular weight excluding hydrogens is 262 g/mol. The van der Waals surface area contributed by atoms with Crippen molar-refractivity contribution in [3.05, 3.63) is 70.8 Å². The molecule has 2 bridgehead atoms. The van der Waals surface area contributed by atoms with E-state index in [2.05, 4.69) is 0 Å². The lowest BCUT2D eigenvalue weighted by atomic mass is 9.50. The molecule has 1 atom stereocenters.